The molecule has 0 spiro atoms. The van der Waals surface area contributed by atoms with Crippen molar-refractivity contribution in [2.45, 2.75) is 25.7 Å². The Hall–Kier alpha value is -2.09. The highest BCUT2D eigenvalue weighted by Crippen LogP contribution is 2.14. The number of anilines is 1. The van der Waals surface area contributed by atoms with E-state index in [0.717, 1.165) is 25.9 Å². The van der Waals surface area contributed by atoms with Crippen LogP contribution < -0.4 is 5.32 Å². The van der Waals surface area contributed by atoms with Crippen LogP contribution in [0.3, 0.4) is 0 Å². The van der Waals surface area contributed by atoms with Crippen LogP contribution in [0.1, 0.15) is 31.2 Å². The quantitative estimate of drug-likeness (QED) is 0.922. The van der Waals surface area contributed by atoms with Crippen LogP contribution in [0, 0.1) is 17.1 Å². The molecule has 1 aromatic rings. The smallest absolute Gasteiger partial charge is 0.241 e. The van der Waals surface area contributed by atoms with Gasteiger partial charge in [-0.05, 0) is 31.0 Å². The van der Waals surface area contributed by atoms with Gasteiger partial charge in [-0.25, -0.2) is 4.39 Å². The molecule has 1 amide bonds. The highest BCUT2D eigenvalue weighted by Gasteiger charge is 2.15. The van der Waals surface area contributed by atoms with E-state index in [-0.39, 0.29) is 18.0 Å². The first-order chi connectivity index (χ1) is 9.70. The topological polar surface area (TPSA) is 56.1 Å². The monoisotopic (exact) mass is 275 g/mol. The van der Waals surface area contributed by atoms with Crippen LogP contribution >= 0.6 is 0 Å². The van der Waals surface area contributed by atoms with Crippen LogP contribution in [0.2, 0.25) is 0 Å². The molecule has 0 aliphatic carbocycles. The summed E-state index contributed by atoms with van der Waals surface area (Å²) < 4.78 is 13.2. The minimum Gasteiger partial charge on any atom is -0.376 e. The molecule has 20 heavy (non-hydrogen) atoms. The molecule has 1 N–H and O–H groups in total. The summed E-state index contributed by atoms with van der Waals surface area (Å²) in [4.78, 5) is 13.9. The third-order valence-electron chi connectivity index (χ3n) is 3.49. The van der Waals surface area contributed by atoms with Gasteiger partial charge in [0.2, 0.25) is 5.91 Å². The summed E-state index contributed by atoms with van der Waals surface area (Å²) in [6, 6.07) is 5.97. The maximum atomic E-state index is 13.2. The number of hydrogen-bond acceptors (Lipinski definition) is 3. The van der Waals surface area contributed by atoms with Crippen LogP contribution in [0.4, 0.5) is 10.1 Å². The predicted molar refractivity (Wildman–Crippen MR) is 74.7 cm³/mol. The van der Waals surface area contributed by atoms with Crippen LogP contribution in [0.5, 0.6) is 0 Å². The Labute approximate surface area is 118 Å². The number of amides is 1. The molecule has 0 bridgehead atoms. The number of carbonyl (C=O) groups is 1. The first-order valence-corrected chi connectivity index (χ1v) is 6.92. The van der Waals surface area contributed by atoms with Crippen LogP contribution in [0.25, 0.3) is 0 Å². The van der Waals surface area contributed by atoms with Gasteiger partial charge in [0.15, 0.2) is 0 Å². The van der Waals surface area contributed by atoms with E-state index >= 15 is 0 Å². The number of nitrogens with one attached hydrogen (secondary N) is 1. The second-order valence-corrected chi connectivity index (χ2v) is 4.95. The number of rotatable bonds is 3. The lowest BCUT2D eigenvalue weighted by molar-refractivity contribution is -0.129. The molecule has 1 fully saturated rings. The van der Waals surface area contributed by atoms with Gasteiger partial charge >= 0.3 is 0 Å². The number of hydrogen-bond donors (Lipinski definition) is 1. The van der Waals surface area contributed by atoms with Crippen LogP contribution in [-0.4, -0.2) is 30.4 Å². The molecule has 0 unspecified atom stereocenters. The molecule has 4 nitrogen and oxygen atoms in total. The lowest BCUT2D eigenvalue weighted by Crippen LogP contribution is -2.36. The Morgan fingerprint density at radius 1 is 1.30 bits per heavy atom. The van der Waals surface area contributed by atoms with E-state index in [9.17, 15) is 9.18 Å². The Kier molecular flexibility index (Phi) is 4.94. The summed E-state index contributed by atoms with van der Waals surface area (Å²) in [5.41, 5.74) is 0.573. The number of likely N-dealkylation sites (tertiary alicyclic amines) is 1. The maximum absolute atomic E-state index is 13.2. The molecule has 0 saturated carbocycles. The SMILES string of the molecule is N#Cc1cc(NCC(=O)N2CCCCCC2)ccc1F. The fourth-order valence-corrected chi connectivity index (χ4v) is 2.33. The van der Waals surface area contributed by atoms with E-state index in [1.807, 2.05) is 4.90 Å². The molecule has 1 heterocycles. The minimum atomic E-state index is -0.545. The number of nitriles is 1. The van der Waals surface area contributed by atoms with Gasteiger partial charge in [-0.2, -0.15) is 5.26 Å². The second-order valence-electron chi connectivity index (χ2n) is 4.95. The number of benzene rings is 1. The van der Waals surface area contributed by atoms with Crippen molar-refractivity contribution < 1.29 is 9.18 Å². The Bertz CT molecular complexity index is 516. The van der Waals surface area contributed by atoms with Crippen LogP contribution in [-0.2, 0) is 4.79 Å². The lowest BCUT2D eigenvalue weighted by atomic mass is 10.2. The van der Waals surface area contributed by atoms with Gasteiger partial charge in [0, 0.05) is 18.8 Å². The first kappa shape index (κ1) is 14.3. The van der Waals surface area contributed by atoms with E-state index < -0.39 is 5.82 Å². The normalized spacial score (nSPS) is 15.3. The van der Waals surface area contributed by atoms with Crippen molar-refractivity contribution in [1.29, 1.82) is 5.26 Å². The van der Waals surface area contributed by atoms with Gasteiger partial charge in [0.05, 0.1) is 12.1 Å². The summed E-state index contributed by atoms with van der Waals surface area (Å²) in [6.07, 6.45) is 4.48. The molecular formula is C15H18FN3O. The molecule has 0 atom stereocenters. The zero-order valence-corrected chi connectivity index (χ0v) is 11.4. The van der Waals surface area contributed by atoms with Gasteiger partial charge in [-0.15, -0.1) is 0 Å². The van der Waals surface area contributed by atoms with Crippen molar-refractivity contribution in [3.05, 3.63) is 29.6 Å². The van der Waals surface area contributed by atoms with E-state index in [4.69, 9.17) is 5.26 Å². The molecule has 1 aliphatic rings. The van der Waals surface area contributed by atoms with Gasteiger partial charge in [0.25, 0.3) is 0 Å². The molecule has 0 aromatic heterocycles. The standard InChI is InChI=1S/C15H18FN3O/c16-14-6-5-13(9-12(14)10-17)18-11-15(20)19-7-3-1-2-4-8-19/h5-6,9,18H,1-4,7-8,11H2. The lowest BCUT2D eigenvalue weighted by Gasteiger charge is -2.20. The molecule has 1 saturated heterocycles. The van der Waals surface area contributed by atoms with E-state index in [2.05, 4.69) is 5.32 Å². The zero-order chi connectivity index (χ0) is 14.4. The second kappa shape index (κ2) is 6.90. The van der Waals surface area contributed by atoms with Crippen molar-refractivity contribution in [3.8, 4) is 6.07 Å². The zero-order valence-electron chi connectivity index (χ0n) is 11.4. The van der Waals surface area contributed by atoms with Crippen molar-refractivity contribution in [2.24, 2.45) is 0 Å². The van der Waals surface area contributed by atoms with Crippen molar-refractivity contribution in [3.63, 3.8) is 0 Å². The largest absolute Gasteiger partial charge is 0.376 e. The molecule has 1 aliphatic heterocycles. The Morgan fingerprint density at radius 2 is 2.00 bits per heavy atom. The summed E-state index contributed by atoms with van der Waals surface area (Å²) in [7, 11) is 0. The first-order valence-electron chi connectivity index (χ1n) is 6.92. The van der Waals surface area contributed by atoms with Crippen molar-refractivity contribution >= 4 is 11.6 Å². The average Bonchev–Trinajstić information content (AvgIpc) is 2.75. The van der Waals surface area contributed by atoms with E-state index in [1.54, 1.807) is 6.07 Å². The maximum Gasteiger partial charge on any atom is 0.241 e. The molecule has 0 radical (unpaired) electrons. The van der Waals surface area contributed by atoms with E-state index in [0.29, 0.717) is 5.69 Å². The molecular weight excluding hydrogens is 257 g/mol. The fourth-order valence-electron chi connectivity index (χ4n) is 2.33. The number of halogens is 1. The average molecular weight is 275 g/mol. The highest BCUT2D eigenvalue weighted by molar-refractivity contribution is 5.81. The molecule has 2 rings (SSSR count). The number of nitrogens with zero attached hydrogens (tertiary/aromatic N) is 2. The Morgan fingerprint density at radius 3 is 2.65 bits per heavy atom. The van der Waals surface area contributed by atoms with E-state index in [1.165, 1.54) is 31.0 Å². The number of carbonyl (C=O) groups excluding carboxylic acids is 1. The summed E-state index contributed by atoms with van der Waals surface area (Å²) >= 11 is 0. The third kappa shape index (κ3) is 3.70. The van der Waals surface area contributed by atoms with Crippen molar-refractivity contribution in [2.75, 3.05) is 25.0 Å². The molecule has 5 heteroatoms. The van der Waals surface area contributed by atoms with Crippen LogP contribution in [0.15, 0.2) is 18.2 Å². The molecule has 1 aromatic carbocycles. The summed E-state index contributed by atoms with van der Waals surface area (Å²) in [5.74, 6) is -0.494. The third-order valence-corrected chi connectivity index (χ3v) is 3.49. The minimum absolute atomic E-state index is 0.0165. The van der Waals surface area contributed by atoms with Crippen molar-refractivity contribution in [1.82, 2.24) is 4.90 Å². The van der Waals surface area contributed by atoms with Gasteiger partial charge in [-0.1, -0.05) is 12.8 Å². The summed E-state index contributed by atoms with van der Waals surface area (Å²) in [6.45, 7) is 1.80. The predicted octanol–water partition coefficient (Wildman–Crippen LogP) is 2.51. The Balaban J connectivity index is 1.91. The highest BCUT2D eigenvalue weighted by atomic mass is 19.1. The summed E-state index contributed by atoms with van der Waals surface area (Å²) in [5, 5.41) is 11.7. The van der Waals surface area contributed by atoms with Gasteiger partial charge in [0.1, 0.15) is 11.9 Å². The fraction of sp³-hybridized carbons (Fsp3) is 0.467. The van der Waals surface area contributed by atoms with Gasteiger partial charge in [-0.3, -0.25) is 4.79 Å². The van der Waals surface area contributed by atoms with Gasteiger partial charge < -0.3 is 10.2 Å². The molecule has 106 valence electrons.